The van der Waals surface area contributed by atoms with Crippen LogP contribution < -0.4 is 15.1 Å². The lowest BCUT2D eigenvalue weighted by atomic mass is 10.2. The highest BCUT2D eigenvalue weighted by Gasteiger charge is 2.22. The van der Waals surface area contributed by atoms with Gasteiger partial charge < -0.3 is 15.1 Å². The molecule has 4 nitrogen and oxygen atoms in total. The van der Waals surface area contributed by atoms with Crippen LogP contribution in [-0.2, 0) is 4.79 Å². The molecule has 2 aromatic rings. The molecule has 0 aliphatic carbocycles. The van der Waals surface area contributed by atoms with Gasteiger partial charge in [0.1, 0.15) is 0 Å². The van der Waals surface area contributed by atoms with Gasteiger partial charge in [-0.2, -0.15) is 0 Å². The summed E-state index contributed by atoms with van der Waals surface area (Å²) in [5, 5.41) is 3.71. The molecule has 0 aromatic heterocycles. The molecule has 0 spiro atoms. The molecule has 1 aliphatic heterocycles. The van der Waals surface area contributed by atoms with E-state index in [1.807, 2.05) is 42.5 Å². The molecule has 0 atom stereocenters. The topological polar surface area (TPSA) is 36.8 Å². The van der Waals surface area contributed by atoms with Crippen molar-refractivity contribution in [2.45, 2.75) is 0 Å². The first-order valence-electron chi connectivity index (χ1n) is 7.90. The molecule has 2 aromatic carbocycles. The number of rotatable bonds is 4. The number of quaternary nitrogens is 1. The van der Waals surface area contributed by atoms with Crippen molar-refractivity contribution in [3.63, 3.8) is 0 Å². The Morgan fingerprint density at radius 1 is 1.04 bits per heavy atom. The number of anilines is 2. The van der Waals surface area contributed by atoms with Gasteiger partial charge in [0, 0.05) is 16.4 Å². The largest absolute Gasteiger partial charge is 0.360 e. The van der Waals surface area contributed by atoms with Gasteiger partial charge in [0.25, 0.3) is 5.91 Å². The Bertz CT molecular complexity index is 637. The maximum absolute atomic E-state index is 12.1. The number of amides is 1. The van der Waals surface area contributed by atoms with Crippen molar-refractivity contribution >= 4 is 28.9 Å². The molecule has 0 bridgehead atoms. The van der Waals surface area contributed by atoms with Crippen LogP contribution >= 0.6 is 11.6 Å². The quantitative estimate of drug-likeness (QED) is 0.895. The highest BCUT2D eigenvalue weighted by molar-refractivity contribution is 6.30. The van der Waals surface area contributed by atoms with Crippen LogP contribution in [0.2, 0.25) is 5.02 Å². The summed E-state index contributed by atoms with van der Waals surface area (Å²) in [4.78, 5) is 15.8. The third-order valence-corrected chi connectivity index (χ3v) is 4.38. The van der Waals surface area contributed by atoms with Gasteiger partial charge in [-0.15, -0.1) is 0 Å². The fourth-order valence-electron chi connectivity index (χ4n) is 2.86. The van der Waals surface area contributed by atoms with E-state index in [0.29, 0.717) is 6.54 Å². The molecule has 120 valence electrons. The summed E-state index contributed by atoms with van der Waals surface area (Å²) in [6.07, 6.45) is 0. The van der Waals surface area contributed by atoms with Crippen LogP contribution in [-0.4, -0.2) is 38.6 Å². The summed E-state index contributed by atoms with van der Waals surface area (Å²) < 4.78 is 0. The summed E-state index contributed by atoms with van der Waals surface area (Å²) in [7, 11) is 0. The Balaban J connectivity index is 1.47. The minimum Gasteiger partial charge on any atom is -0.360 e. The normalized spacial score (nSPS) is 15.4. The summed E-state index contributed by atoms with van der Waals surface area (Å²) in [6, 6.07) is 17.5. The molecule has 2 N–H and O–H groups in total. The average molecular weight is 331 g/mol. The zero-order valence-electron chi connectivity index (χ0n) is 13.0. The van der Waals surface area contributed by atoms with Crippen LogP contribution in [0.3, 0.4) is 0 Å². The second-order valence-corrected chi connectivity index (χ2v) is 6.24. The van der Waals surface area contributed by atoms with Gasteiger partial charge in [0.05, 0.1) is 26.2 Å². The van der Waals surface area contributed by atoms with Crippen molar-refractivity contribution in [1.29, 1.82) is 0 Å². The number of halogens is 1. The predicted molar refractivity (Wildman–Crippen MR) is 94.3 cm³/mol. The van der Waals surface area contributed by atoms with E-state index >= 15 is 0 Å². The van der Waals surface area contributed by atoms with Gasteiger partial charge in [-0.25, -0.2) is 0 Å². The SMILES string of the molecule is O=C(C[NH+]1CCN(c2ccc(Cl)cc2)CC1)Nc1ccccc1. The van der Waals surface area contributed by atoms with E-state index in [1.165, 1.54) is 10.6 Å². The number of carbonyl (C=O) groups excluding carboxylic acids is 1. The van der Waals surface area contributed by atoms with E-state index in [1.54, 1.807) is 0 Å². The molecule has 23 heavy (non-hydrogen) atoms. The lowest BCUT2D eigenvalue weighted by Crippen LogP contribution is -3.15. The van der Waals surface area contributed by atoms with Crippen molar-refractivity contribution in [1.82, 2.24) is 0 Å². The Hall–Kier alpha value is -2.04. The van der Waals surface area contributed by atoms with Crippen molar-refractivity contribution in [3.05, 3.63) is 59.6 Å². The zero-order chi connectivity index (χ0) is 16.1. The van der Waals surface area contributed by atoms with Crippen LogP contribution in [0.4, 0.5) is 11.4 Å². The number of piperazine rings is 1. The highest BCUT2D eigenvalue weighted by atomic mass is 35.5. The van der Waals surface area contributed by atoms with Crippen molar-refractivity contribution in [2.24, 2.45) is 0 Å². The molecule has 5 heteroatoms. The van der Waals surface area contributed by atoms with Crippen LogP contribution in [0.25, 0.3) is 0 Å². The minimum absolute atomic E-state index is 0.0751. The first-order chi connectivity index (χ1) is 11.2. The standard InChI is InChI=1S/C18H20ClN3O/c19-15-6-8-17(9-7-15)22-12-10-21(11-13-22)14-18(23)20-16-4-2-1-3-5-16/h1-9H,10-14H2,(H,20,23)/p+1. The monoisotopic (exact) mass is 330 g/mol. The van der Waals surface area contributed by atoms with E-state index in [4.69, 9.17) is 11.6 Å². The van der Waals surface area contributed by atoms with Crippen LogP contribution in [0.5, 0.6) is 0 Å². The average Bonchev–Trinajstić information content (AvgIpc) is 2.57. The van der Waals surface area contributed by atoms with Gasteiger partial charge in [0.2, 0.25) is 0 Å². The number of hydrogen-bond acceptors (Lipinski definition) is 2. The van der Waals surface area contributed by atoms with E-state index in [9.17, 15) is 4.79 Å². The van der Waals surface area contributed by atoms with Crippen LogP contribution in [0.1, 0.15) is 0 Å². The fourth-order valence-corrected chi connectivity index (χ4v) is 2.99. The van der Waals surface area contributed by atoms with E-state index in [0.717, 1.165) is 36.9 Å². The Morgan fingerprint density at radius 3 is 2.35 bits per heavy atom. The number of nitrogens with one attached hydrogen (secondary N) is 2. The predicted octanol–water partition coefficient (Wildman–Crippen LogP) is 1.68. The third-order valence-electron chi connectivity index (χ3n) is 4.13. The number of nitrogens with zero attached hydrogens (tertiary/aromatic N) is 1. The summed E-state index contributed by atoms with van der Waals surface area (Å²) in [5.41, 5.74) is 2.05. The van der Waals surface area contributed by atoms with E-state index in [-0.39, 0.29) is 5.91 Å². The molecule has 0 radical (unpaired) electrons. The molecule has 0 saturated carbocycles. The first-order valence-corrected chi connectivity index (χ1v) is 8.27. The molecule has 3 rings (SSSR count). The minimum atomic E-state index is 0.0751. The Morgan fingerprint density at radius 2 is 1.70 bits per heavy atom. The second kappa shape index (κ2) is 7.49. The van der Waals surface area contributed by atoms with Gasteiger partial charge in [0.15, 0.2) is 6.54 Å². The highest BCUT2D eigenvalue weighted by Crippen LogP contribution is 2.17. The van der Waals surface area contributed by atoms with Crippen LogP contribution in [0, 0.1) is 0 Å². The third kappa shape index (κ3) is 4.47. The van der Waals surface area contributed by atoms with Gasteiger partial charge >= 0.3 is 0 Å². The second-order valence-electron chi connectivity index (χ2n) is 5.80. The van der Waals surface area contributed by atoms with Crippen molar-refractivity contribution in [2.75, 3.05) is 42.9 Å². The maximum atomic E-state index is 12.1. The smallest absolute Gasteiger partial charge is 0.279 e. The van der Waals surface area contributed by atoms with Crippen molar-refractivity contribution < 1.29 is 9.69 Å². The number of para-hydroxylation sites is 1. The van der Waals surface area contributed by atoms with Gasteiger partial charge in [-0.3, -0.25) is 4.79 Å². The molecular weight excluding hydrogens is 310 g/mol. The molecule has 1 amide bonds. The summed E-state index contributed by atoms with van der Waals surface area (Å²) in [5.74, 6) is 0.0751. The Labute approximate surface area is 141 Å². The molecule has 1 aliphatic rings. The van der Waals surface area contributed by atoms with Crippen LogP contribution in [0.15, 0.2) is 54.6 Å². The number of hydrogen-bond donors (Lipinski definition) is 2. The summed E-state index contributed by atoms with van der Waals surface area (Å²) in [6.45, 7) is 4.35. The molecule has 1 heterocycles. The van der Waals surface area contributed by atoms with E-state index < -0.39 is 0 Å². The van der Waals surface area contributed by atoms with Crippen molar-refractivity contribution in [3.8, 4) is 0 Å². The van der Waals surface area contributed by atoms with E-state index in [2.05, 4.69) is 22.3 Å². The zero-order valence-corrected chi connectivity index (χ0v) is 13.7. The molecule has 0 unspecified atom stereocenters. The Kier molecular flexibility index (Phi) is 5.16. The molecular formula is C18H21ClN3O+. The fraction of sp³-hybridized carbons (Fsp3) is 0.278. The van der Waals surface area contributed by atoms with Gasteiger partial charge in [-0.1, -0.05) is 29.8 Å². The number of carbonyl (C=O) groups is 1. The molecule has 1 saturated heterocycles. The summed E-state index contributed by atoms with van der Waals surface area (Å²) >= 11 is 5.93. The number of benzene rings is 2. The van der Waals surface area contributed by atoms with Gasteiger partial charge in [-0.05, 0) is 36.4 Å². The molecule has 1 fully saturated rings. The lowest BCUT2D eigenvalue weighted by molar-refractivity contribution is -0.892. The maximum Gasteiger partial charge on any atom is 0.279 e. The lowest BCUT2D eigenvalue weighted by Gasteiger charge is -2.33. The first kappa shape index (κ1) is 15.8.